The summed E-state index contributed by atoms with van der Waals surface area (Å²) in [6.07, 6.45) is 0. The highest BCUT2D eigenvalue weighted by atomic mass is 16.5. The van der Waals surface area contributed by atoms with Crippen molar-refractivity contribution in [1.29, 1.82) is 0 Å². The fourth-order valence-electron chi connectivity index (χ4n) is 2.29. The van der Waals surface area contributed by atoms with Gasteiger partial charge >= 0.3 is 0 Å². The Kier molecular flexibility index (Phi) is 7.29. The molecule has 1 amide bonds. The van der Waals surface area contributed by atoms with Crippen LogP contribution < -0.4 is 15.4 Å². The van der Waals surface area contributed by atoms with Gasteiger partial charge in [0.25, 0.3) is 0 Å². The molecule has 25 heavy (non-hydrogen) atoms. The molecule has 2 aromatic rings. The summed E-state index contributed by atoms with van der Waals surface area (Å²) in [5.41, 5.74) is 3.94. The minimum atomic E-state index is -0.104. The highest BCUT2D eigenvalue weighted by Crippen LogP contribution is 2.23. The van der Waals surface area contributed by atoms with Gasteiger partial charge in [-0.1, -0.05) is 18.2 Å². The smallest absolute Gasteiger partial charge is 0.243 e. The number of carbonyl (C=O) groups excluding carboxylic acids is 1. The van der Waals surface area contributed by atoms with Gasteiger partial charge in [-0.2, -0.15) is 0 Å². The van der Waals surface area contributed by atoms with Crippen molar-refractivity contribution in [2.75, 3.05) is 37.0 Å². The zero-order chi connectivity index (χ0) is 18.1. The monoisotopic (exact) mass is 342 g/mol. The molecule has 0 bridgehead atoms. The Morgan fingerprint density at radius 2 is 1.84 bits per heavy atom. The number of para-hydroxylation sites is 2. The van der Waals surface area contributed by atoms with E-state index in [1.807, 2.05) is 63.2 Å². The Hall–Kier alpha value is -2.53. The molecular formula is C20H26N2O3. The van der Waals surface area contributed by atoms with Crippen molar-refractivity contribution in [3.05, 3.63) is 53.6 Å². The molecular weight excluding hydrogens is 316 g/mol. The van der Waals surface area contributed by atoms with Gasteiger partial charge in [0, 0.05) is 12.3 Å². The van der Waals surface area contributed by atoms with Gasteiger partial charge in [-0.3, -0.25) is 4.79 Å². The molecule has 0 aliphatic carbocycles. The molecule has 134 valence electrons. The maximum Gasteiger partial charge on any atom is 0.243 e. The molecule has 0 spiro atoms. The number of aryl methyl sites for hydroxylation is 2. The van der Waals surface area contributed by atoms with Crippen LogP contribution in [0.3, 0.4) is 0 Å². The molecule has 0 fully saturated rings. The van der Waals surface area contributed by atoms with Crippen LogP contribution in [0.5, 0.6) is 5.75 Å². The van der Waals surface area contributed by atoms with E-state index in [2.05, 4.69) is 10.6 Å². The van der Waals surface area contributed by atoms with Crippen molar-refractivity contribution in [2.45, 2.75) is 20.8 Å². The normalized spacial score (nSPS) is 10.4. The number of rotatable bonds is 9. The van der Waals surface area contributed by atoms with Crippen molar-refractivity contribution in [3.63, 3.8) is 0 Å². The lowest BCUT2D eigenvalue weighted by molar-refractivity contribution is -0.114. The van der Waals surface area contributed by atoms with Gasteiger partial charge in [0.1, 0.15) is 12.4 Å². The molecule has 5 nitrogen and oxygen atoms in total. The number of ether oxygens (including phenoxy) is 2. The van der Waals surface area contributed by atoms with Gasteiger partial charge in [-0.25, -0.2) is 0 Å². The Bertz CT molecular complexity index is 701. The Labute approximate surface area is 149 Å². The van der Waals surface area contributed by atoms with Crippen molar-refractivity contribution >= 4 is 17.3 Å². The van der Waals surface area contributed by atoms with Gasteiger partial charge < -0.3 is 20.1 Å². The lowest BCUT2D eigenvalue weighted by atomic mass is 10.1. The van der Waals surface area contributed by atoms with Crippen molar-refractivity contribution in [2.24, 2.45) is 0 Å². The standard InChI is InChI=1S/C20H26N2O3/c1-4-24-11-12-25-19-8-6-5-7-18(19)21-14-20(23)22-17-10-9-15(2)16(3)13-17/h5-10,13,21H,4,11-12,14H2,1-3H3,(H,22,23). The van der Waals surface area contributed by atoms with Crippen LogP contribution in [-0.4, -0.2) is 32.3 Å². The largest absolute Gasteiger partial charge is 0.489 e. The first-order chi connectivity index (χ1) is 12.1. The second kappa shape index (κ2) is 9.69. The topological polar surface area (TPSA) is 59.6 Å². The molecule has 0 heterocycles. The molecule has 0 aliphatic heterocycles. The van der Waals surface area contributed by atoms with Crippen LogP contribution in [0.1, 0.15) is 18.1 Å². The maximum absolute atomic E-state index is 12.2. The van der Waals surface area contributed by atoms with Gasteiger partial charge in [-0.15, -0.1) is 0 Å². The zero-order valence-electron chi connectivity index (χ0n) is 15.1. The summed E-state index contributed by atoms with van der Waals surface area (Å²) in [7, 11) is 0. The fourth-order valence-corrected chi connectivity index (χ4v) is 2.29. The second-order valence-corrected chi connectivity index (χ2v) is 5.74. The summed E-state index contributed by atoms with van der Waals surface area (Å²) in [5, 5.41) is 6.02. The Morgan fingerprint density at radius 3 is 2.60 bits per heavy atom. The molecule has 0 saturated carbocycles. The number of nitrogens with one attached hydrogen (secondary N) is 2. The number of hydrogen-bond acceptors (Lipinski definition) is 4. The summed E-state index contributed by atoms with van der Waals surface area (Å²) in [6.45, 7) is 7.87. The number of benzene rings is 2. The van der Waals surface area contributed by atoms with Crippen LogP contribution in [0.2, 0.25) is 0 Å². The van der Waals surface area contributed by atoms with Gasteiger partial charge in [0.2, 0.25) is 5.91 Å². The van der Waals surface area contributed by atoms with Crippen LogP contribution in [0.4, 0.5) is 11.4 Å². The number of hydrogen-bond donors (Lipinski definition) is 2. The first-order valence-corrected chi connectivity index (χ1v) is 8.50. The van der Waals surface area contributed by atoms with E-state index in [4.69, 9.17) is 9.47 Å². The molecule has 2 N–H and O–H groups in total. The molecule has 5 heteroatoms. The molecule has 0 atom stereocenters. The van der Waals surface area contributed by atoms with Gasteiger partial charge in [0.05, 0.1) is 18.8 Å². The summed E-state index contributed by atoms with van der Waals surface area (Å²) < 4.78 is 11.0. The third-order valence-electron chi connectivity index (χ3n) is 3.81. The predicted molar refractivity (Wildman–Crippen MR) is 101 cm³/mol. The van der Waals surface area contributed by atoms with Crippen molar-refractivity contribution in [3.8, 4) is 5.75 Å². The number of anilines is 2. The summed E-state index contributed by atoms with van der Waals surface area (Å²) in [6, 6.07) is 13.4. The van der Waals surface area contributed by atoms with E-state index in [1.54, 1.807) is 0 Å². The quantitative estimate of drug-likeness (QED) is 0.681. The maximum atomic E-state index is 12.2. The van der Waals surface area contributed by atoms with Crippen LogP contribution in [-0.2, 0) is 9.53 Å². The van der Waals surface area contributed by atoms with E-state index in [0.717, 1.165) is 16.9 Å². The molecule has 0 aromatic heterocycles. The van der Waals surface area contributed by atoms with E-state index in [1.165, 1.54) is 5.56 Å². The summed E-state index contributed by atoms with van der Waals surface area (Å²) >= 11 is 0. The molecule has 0 aliphatic rings. The van der Waals surface area contributed by atoms with Crippen molar-refractivity contribution in [1.82, 2.24) is 0 Å². The average molecular weight is 342 g/mol. The highest BCUT2D eigenvalue weighted by Gasteiger charge is 2.07. The highest BCUT2D eigenvalue weighted by molar-refractivity contribution is 5.94. The lowest BCUT2D eigenvalue weighted by Crippen LogP contribution is -2.22. The first kappa shape index (κ1) is 18.8. The Balaban J connectivity index is 1.87. The van der Waals surface area contributed by atoms with E-state index in [9.17, 15) is 4.79 Å². The van der Waals surface area contributed by atoms with Gasteiger partial charge in [0.15, 0.2) is 0 Å². The van der Waals surface area contributed by atoms with Crippen LogP contribution >= 0.6 is 0 Å². The van der Waals surface area contributed by atoms with Crippen LogP contribution in [0, 0.1) is 13.8 Å². The van der Waals surface area contributed by atoms with E-state index in [0.29, 0.717) is 25.6 Å². The molecule has 0 saturated heterocycles. The Morgan fingerprint density at radius 1 is 1.04 bits per heavy atom. The zero-order valence-corrected chi connectivity index (χ0v) is 15.1. The van der Waals surface area contributed by atoms with E-state index in [-0.39, 0.29) is 12.5 Å². The predicted octanol–water partition coefficient (Wildman–Crippen LogP) is 3.77. The second-order valence-electron chi connectivity index (χ2n) is 5.74. The molecule has 2 rings (SSSR count). The third-order valence-corrected chi connectivity index (χ3v) is 3.81. The number of amides is 1. The average Bonchev–Trinajstić information content (AvgIpc) is 2.61. The third kappa shape index (κ3) is 6.12. The fraction of sp³-hybridized carbons (Fsp3) is 0.350. The first-order valence-electron chi connectivity index (χ1n) is 8.50. The molecule has 0 radical (unpaired) electrons. The summed E-state index contributed by atoms with van der Waals surface area (Å²) in [5.74, 6) is 0.605. The SMILES string of the molecule is CCOCCOc1ccccc1NCC(=O)Nc1ccc(C)c(C)c1. The van der Waals surface area contributed by atoms with Gasteiger partial charge in [-0.05, 0) is 56.2 Å². The van der Waals surface area contributed by atoms with Crippen LogP contribution in [0.25, 0.3) is 0 Å². The minimum absolute atomic E-state index is 0.104. The summed E-state index contributed by atoms with van der Waals surface area (Å²) in [4.78, 5) is 12.2. The minimum Gasteiger partial charge on any atom is -0.489 e. The van der Waals surface area contributed by atoms with E-state index < -0.39 is 0 Å². The molecule has 2 aromatic carbocycles. The van der Waals surface area contributed by atoms with Crippen molar-refractivity contribution < 1.29 is 14.3 Å². The molecule has 0 unspecified atom stereocenters. The number of carbonyl (C=O) groups is 1. The van der Waals surface area contributed by atoms with E-state index >= 15 is 0 Å². The lowest BCUT2D eigenvalue weighted by Gasteiger charge is -2.13. The van der Waals surface area contributed by atoms with Crippen LogP contribution in [0.15, 0.2) is 42.5 Å².